The van der Waals surface area contributed by atoms with E-state index in [9.17, 15) is 9.59 Å². The summed E-state index contributed by atoms with van der Waals surface area (Å²) in [4.78, 5) is 26.0. The highest BCUT2D eigenvalue weighted by molar-refractivity contribution is 5.97. The van der Waals surface area contributed by atoms with E-state index in [0.29, 0.717) is 23.6 Å². The summed E-state index contributed by atoms with van der Waals surface area (Å²) in [7, 11) is 1.30. The van der Waals surface area contributed by atoms with Crippen molar-refractivity contribution in [3.8, 4) is 0 Å². The number of carbonyl (C=O) groups excluding carboxylic acids is 2. The minimum absolute atomic E-state index is 0.131. The van der Waals surface area contributed by atoms with Crippen LogP contribution in [0.15, 0.2) is 28.8 Å². The molecule has 1 heterocycles. The Kier molecular flexibility index (Phi) is 5.16. The van der Waals surface area contributed by atoms with E-state index >= 15 is 0 Å². The van der Waals surface area contributed by atoms with Crippen molar-refractivity contribution >= 4 is 11.9 Å². The van der Waals surface area contributed by atoms with E-state index in [4.69, 9.17) is 9.26 Å². The maximum Gasteiger partial charge on any atom is 0.325 e. The summed E-state index contributed by atoms with van der Waals surface area (Å²) in [5, 5.41) is 3.80. The maximum atomic E-state index is 12.8. The number of aryl methyl sites for hydroxylation is 3. The van der Waals surface area contributed by atoms with Crippen LogP contribution in [0.2, 0.25) is 0 Å². The second-order valence-corrected chi connectivity index (χ2v) is 5.36. The molecule has 0 N–H and O–H groups in total. The Morgan fingerprint density at radius 2 is 1.91 bits per heavy atom. The largest absolute Gasteiger partial charge is 0.468 e. The van der Waals surface area contributed by atoms with Crippen molar-refractivity contribution in [2.24, 2.45) is 0 Å². The molecule has 6 nitrogen and oxygen atoms in total. The second kappa shape index (κ2) is 7.09. The average Bonchev–Trinajstić information content (AvgIpc) is 2.86. The number of amides is 1. The summed E-state index contributed by atoms with van der Waals surface area (Å²) < 4.78 is 9.76. The van der Waals surface area contributed by atoms with Crippen LogP contribution in [0, 0.1) is 20.8 Å². The molecule has 6 heteroatoms. The lowest BCUT2D eigenvalue weighted by Gasteiger charge is -2.22. The lowest BCUT2D eigenvalue weighted by Crippen LogP contribution is -2.36. The molecule has 1 aromatic heterocycles. The van der Waals surface area contributed by atoms with Gasteiger partial charge in [-0.3, -0.25) is 9.59 Å². The van der Waals surface area contributed by atoms with E-state index in [1.807, 2.05) is 31.2 Å². The minimum atomic E-state index is -0.473. The first kappa shape index (κ1) is 16.7. The Labute approximate surface area is 135 Å². The van der Waals surface area contributed by atoms with Crippen molar-refractivity contribution in [1.82, 2.24) is 10.1 Å². The summed E-state index contributed by atoms with van der Waals surface area (Å²) in [6.45, 7) is 5.52. The van der Waals surface area contributed by atoms with Gasteiger partial charge in [-0.15, -0.1) is 0 Å². The van der Waals surface area contributed by atoms with Crippen LogP contribution >= 0.6 is 0 Å². The molecule has 0 saturated heterocycles. The van der Waals surface area contributed by atoms with Gasteiger partial charge in [0.1, 0.15) is 17.9 Å². The highest BCUT2D eigenvalue weighted by Crippen LogP contribution is 2.18. The first-order valence-corrected chi connectivity index (χ1v) is 7.27. The molecule has 0 fully saturated rings. The molecule has 1 amide bonds. The van der Waals surface area contributed by atoms with Crippen molar-refractivity contribution in [3.05, 3.63) is 52.4 Å². The molecule has 0 atom stereocenters. The summed E-state index contributed by atoms with van der Waals surface area (Å²) in [5.41, 5.74) is 2.92. The van der Waals surface area contributed by atoms with Gasteiger partial charge < -0.3 is 14.2 Å². The van der Waals surface area contributed by atoms with Crippen molar-refractivity contribution < 1.29 is 18.8 Å². The van der Waals surface area contributed by atoms with Crippen LogP contribution in [-0.4, -0.2) is 35.6 Å². The average molecular weight is 316 g/mol. The molecule has 0 saturated carbocycles. The number of benzene rings is 1. The van der Waals surface area contributed by atoms with Gasteiger partial charge in [-0.1, -0.05) is 29.4 Å². The smallest absolute Gasteiger partial charge is 0.325 e. The molecule has 1 aromatic carbocycles. The van der Waals surface area contributed by atoms with Gasteiger partial charge in [0, 0.05) is 6.54 Å². The van der Waals surface area contributed by atoms with Crippen LogP contribution in [0.5, 0.6) is 0 Å². The van der Waals surface area contributed by atoms with Gasteiger partial charge in [0.2, 0.25) is 0 Å². The van der Waals surface area contributed by atoms with E-state index < -0.39 is 5.97 Å². The highest BCUT2D eigenvalue weighted by atomic mass is 16.5. The fourth-order valence-corrected chi connectivity index (χ4v) is 2.36. The number of rotatable bonds is 5. The fourth-order valence-electron chi connectivity index (χ4n) is 2.36. The third-order valence-corrected chi connectivity index (χ3v) is 3.70. The minimum Gasteiger partial charge on any atom is -0.468 e. The molecule has 0 aliphatic carbocycles. The van der Waals surface area contributed by atoms with Crippen molar-refractivity contribution in [2.75, 3.05) is 13.7 Å². The van der Waals surface area contributed by atoms with Crippen molar-refractivity contribution in [2.45, 2.75) is 27.3 Å². The number of hydrogen-bond acceptors (Lipinski definition) is 5. The number of aromatic nitrogens is 1. The number of methoxy groups -OCH3 is 1. The molecule has 0 bridgehead atoms. The van der Waals surface area contributed by atoms with E-state index in [0.717, 1.165) is 11.1 Å². The third-order valence-electron chi connectivity index (χ3n) is 3.70. The third kappa shape index (κ3) is 3.77. The van der Waals surface area contributed by atoms with Crippen molar-refractivity contribution in [3.63, 3.8) is 0 Å². The summed E-state index contributed by atoms with van der Waals surface area (Å²) in [6, 6.07) is 7.73. The number of esters is 1. The molecule has 0 aliphatic rings. The predicted octanol–water partition coefficient (Wildman–Crippen LogP) is 2.42. The Morgan fingerprint density at radius 3 is 2.48 bits per heavy atom. The van der Waals surface area contributed by atoms with Crippen LogP contribution in [0.1, 0.15) is 32.9 Å². The zero-order valence-corrected chi connectivity index (χ0v) is 13.8. The SMILES string of the molecule is COC(=O)CN(Cc1ccccc1C)C(=O)c1c(C)noc1C. The molecule has 0 aliphatic heterocycles. The molecule has 0 spiro atoms. The molecule has 122 valence electrons. The van der Waals surface area contributed by atoms with Gasteiger partial charge >= 0.3 is 5.97 Å². The molecule has 2 rings (SSSR count). The monoisotopic (exact) mass is 316 g/mol. The number of ether oxygens (including phenoxy) is 1. The topological polar surface area (TPSA) is 72.6 Å². The lowest BCUT2D eigenvalue weighted by molar-refractivity contribution is -0.141. The van der Waals surface area contributed by atoms with Crippen LogP contribution in [0.3, 0.4) is 0 Å². The number of nitrogens with zero attached hydrogens (tertiary/aromatic N) is 2. The zero-order chi connectivity index (χ0) is 17.0. The van der Waals surface area contributed by atoms with E-state index in [1.165, 1.54) is 12.0 Å². The summed E-state index contributed by atoms with van der Waals surface area (Å²) in [6.07, 6.45) is 0. The van der Waals surface area contributed by atoms with Gasteiger partial charge in [0.15, 0.2) is 0 Å². The standard InChI is InChI=1S/C17H20N2O4/c1-11-7-5-6-8-14(11)9-19(10-15(20)22-4)17(21)16-12(2)18-23-13(16)3/h5-8H,9-10H2,1-4H3. The van der Waals surface area contributed by atoms with Crippen LogP contribution < -0.4 is 0 Å². The maximum absolute atomic E-state index is 12.8. The summed E-state index contributed by atoms with van der Waals surface area (Å²) >= 11 is 0. The molecular formula is C17H20N2O4. The van der Waals surface area contributed by atoms with Crippen LogP contribution in [0.25, 0.3) is 0 Å². The highest BCUT2D eigenvalue weighted by Gasteiger charge is 2.25. The first-order chi connectivity index (χ1) is 10.9. The molecular weight excluding hydrogens is 296 g/mol. The van der Waals surface area contributed by atoms with E-state index in [-0.39, 0.29) is 12.5 Å². The molecule has 23 heavy (non-hydrogen) atoms. The fraction of sp³-hybridized carbons (Fsp3) is 0.353. The van der Waals surface area contributed by atoms with Crippen LogP contribution in [-0.2, 0) is 16.1 Å². The van der Waals surface area contributed by atoms with Crippen LogP contribution in [0.4, 0.5) is 0 Å². The quantitative estimate of drug-likeness (QED) is 0.792. The normalized spacial score (nSPS) is 10.4. The number of hydrogen-bond donors (Lipinski definition) is 0. The van der Waals surface area contributed by atoms with Gasteiger partial charge in [0.25, 0.3) is 5.91 Å². The zero-order valence-electron chi connectivity index (χ0n) is 13.8. The number of carbonyl (C=O) groups is 2. The predicted molar refractivity (Wildman–Crippen MR) is 83.9 cm³/mol. The first-order valence-electron chi connectivity index (χ1n) is 7.27. The van der Waals surface area contributed by atoms with Crippen molar-refractivity contribution in [1.29, 1.82) is 0 Å². The molecule has 0 unspecified atom stereocenters. The Bertz CT molecular complexity index is 702. The van der Waals surface area contributed by atoms with Gasteiger partial charge in [0.05, 0.1) is 12.8 Å². The molecule has 2 aromatic rings. The lowest BCUT2D eigenvalue weighted by atomic mass is 10.1. The Hall–Kier alpha value is -2.63. The van der Waals surface area contributed by atoms with E-state index in [1.54, 1.807) is 13.8 Å². The van der Waals surface area contributed by atoms with Gasteiger partial charge in [-0.25, -0.2) is 0 Å². The molecule has 0 radical (unpaired) electrons. The Balaban J connectivity index is 2.32. The Morgan fingerprint density at radius 1 is 1.22 bits per heavy atom. The second-order valence-electron chi connectivity index (χ2n) is 5.36. The van der Waals surface area contributed by atoms with E-state index in [2.05, 4.69) is 5.16 Å². The van der Waals surface area contributed by atoms with Gasteiger partial charge in [-0.05, 0) is 31.9 Å². The van der Waals surface area contributed by atoms with Gasteiger partial charge in [-0.2, -0.15) is 0 Å². The summed E-state index contributed by atoms with van der Waals surface area (Å²) in [5.74, 6) is -0.333.